The highest BCUT2D eigenvalue weighted by atomic mass is 16.6. The second kappa shape index (κ2) is 5.85. The van der Waals surface area contributed by atoms with Gasteiger partial charge in [-0.05, 0) is 12.8 Å². The third kappa shape index (κ3) is 3.65. The van der Waals surface area contributed by atoms with Gasteiger partial charge in [-0.25, -0.2) is 0 Å². The Hall–Kier alpha value is -1.18. The number of amides is 1. The second-order valence-electron chi connectivity index (χ2n) is 5.25. The number of carboxylic acids is 1. The molecule has 0 aromatic heterocycles. The number of hydrogen-bond donors (Lipinski definition) is 2. The number of rotatable bonds is 5. The summed E-state index contributed by atoms with van der Waals surface area (Å²) in [7, 11) is 0. The van der Waals surface area contributed by atoms with E-state index in [-0.39, 0.29) is 24.7 Å². The maximum Gasteiger partial charge on any atom is 0.317 e. The highest BCUT2D eigenvalue weighted by molar-refractivity contribution is 5.77. The van der Waals surface area contributed by atoms with Crippen molar-refractivity contribution in [3.63, 3.8) is 0 Å². The molecule has 0 aromatic rings. The molecule has 0 radical (unpaired) electrons. The van der Waals surface area contributed by atoms with Crippen LogP contribution in [0.3, 0.4) is 0 Å². The first kappa shape index (κ1) is 14.2. The molecule has 0 aromatic carbocycles. The number of hydrogen-bond acceptors (Lipinski definition) is 5. The fourth-order valence-corrected chi connectivity index (χ4v) is 2.86. The van der Waals surface area contributed by atoms with E-state index in [1.54, 1.807) is 4.90 Å². The number of carbonyl (C=O) groups is 2. The van der Waals surface area contributed by atoms with Gasteiger partial charge in [0.15, 0.2) is 0 Å². The monoisotopic (exact) mass is 272 g/mol. The molecule has 2 fully saturated rings. The Morgan fingerprint density at radius 2 is 2.16 bits per heavy atom. The predicted molar refractivity (Wildman–Crippen MR) is 65.5 cm³/mol. The Bertz CT molecular complexity index is 338. The maximum atomic E-state index is 11.1. The minimum absolute atomic E-state index is 0.000880. The molecule has 2 heterocycles. The Kier molecular flexibility index (Phi) is 4.38. The normalized spacial score (nSPS) is 30.9. The summed E-state index contributed by atoms with van der Waals surface area (Å²) in [6, 6.07) is -0.000880. The molecular weight excluding hydrogens is 252 g/mol. The first-order chi connectivity index (χ1) is 9.01. The molecule has 1 spiro atoms. The van der Waals surface area contributed by atoms with Crippen molar-refractivity contribution in [1.82, 2.24) is 4.90 Å². The molecule has 108 valence electrons. The molecule has 2 atom stereocenters. The molecule has 0 saturated carbocycles. The highest BCUT2D eigenvalue weighted by Crippen LogP contribution is 2.34. The van der Waals surface area contributed by atoms with E-state index in [9.17, 15) is 9.59 Å². The third-order valence-corrected chi connectivity index (χ3v) is 3.75. The van der Waals surface area contributed by atoms with E-state index in [0.29, 0.717) is 32.7 Å². The molecule has 0 aliphatic carbocycles. The van der Waals surface area contributed by atoms with Crippen molar-refractivity contribution in [3.05, 3.63) is 0 Å². The number of nitrogens with two attached hydrogens (primary N) is 1. The number of ether oxygens (including phenoxy) is 2. The van der Waals surface area contributed by atoms with Gasteiger partial charge in [-0.3, -0.25) is 14.5 Å². The van der Waals surface area contributed by atoms with E-state index >= 15 is 0 Å². The zero-order valence-corrected chi connectivity index (χ0v) is 10.8. The quantitative estimate of drug-likeness (QED) is 0.679. The molecule has 3 N–H and O–H groups in total. The molecule has 7 nitrogen and oxygen atoms in total. The fraction of sp³-hybridized carbons (Fsp3) is 0.833. The Morgan fingerprint density at radius 3 is 2.74 bits per heavy atom. The number of aliphatic carboxylic acids is 1. The summed E-state index contributed by atoms with van der Waals surface area (Å²) in [6.45, 7) is 1.56. The van der Waals surface area contributed by atoms with Crippen LogP contribution in [-0.4, -0.2) is 66.4 Å². The molecule has 1 amide bonds. The Labute approximate surface area is 111 Å². The summed E-state index contributed by atoms with van der Waals surface area (Å²) in [5, 5.41) is 8.93. The fourth-order valence-electron chi connectivity index (χ4n) is 2.86. The summed E-state index contributed by atoms with van der Waals surface area (Å²) in [4.78, 5) is 23.6. The minimum atomic E-state index is -0.954. The third-order valence-electron chi connectivity index (χ3n) is 3.75. The van der Waals surface area contributed by atoms with Gasteiger partial charge in [0.1, 0.15) is 0 Å². The topological polar surface area (TPSA) is 102 Å². The van der Waals surface area contributed by atoms with Crippen molar-refractivity contribution < 1.29 is 24.2 Å². The first-order valence-corrected chi connectivity index (χ1v) is 6.47. The van der Waals surface area contributed by atoms with Crippen LogP contribution in [0.25, 0.3) is 0 Å². The van der Waals surface area contributed by atoms with Crippen molar-refractivity contribution in [2.75, 3.05) is 32.9 Å². The van der Waals surface area contributed by atoms with Crippen molar-refractivity contribution in [3.8, 4) is 0 Å². The van der Waals surface area contributed by atoms with E-state index < -0.39 is 11.9 Å². The summed E-state index contributed by atoms with van der Waals surface area (Å²) in [5.74, 6) is -1.46. The van der Waals surface area contributed by atoms with Gasteiger partial charge in [-0.2, -0.15) is 0 Å². The van der Waals surface area contributed by atoms with Gasteiger partial charge >= 0.3 is 5.97 Å². The van der Waals surface area contributed by atoms with Gasteiger partial charge in [-0.1, -0.05) is 0 Å². The SMILES string of the molecule is NC(=O)CN(CC(=O)O)C1CCOC2(CCOC2)C1. The summed E-state index contributed by atoms with van der Waals surface area (Å²) < 4.78 is 11.2. The zero-order chi connectivity index (χ0) is 13.9. The first-order valence-electron chi connectivity index (χ1n) is 6.47. The average molecular weight is 272 g/mol. The molecule has 2 saturated heterocycles. The van der Waals surface area contributed by atoms with Crippen LogP contribution in [-0.2, 0) is 19.1 Å². The summed E-state index contributed by atoms with van der Waals surface area (Å²) in [6.07, 6.45) is 2.22. The highest BCUT2D eigenvalue weighted by Gasteiger charge is 2.42. The summed E-state index contributed by atoms with van der Waals surface area (Å²) in [5.41, 5.74) is 4.88. The van der Waals surface area contributed by atoms with Gasteiger partial charge in [0.25, 0.3) is 0 Å². The largest absolute Gasteiger partial charge is 0.480 e. The van der Waals surface area contributed by atoms with E-state index in [1.165, 1.54) is 0 Å². The van der Waals surface area contributed by atoms with E-state index in [2.05, 4.69) is 0 Å². The van der Waals surface area contributed by atoms with Gasteiger partial charge in [0.2, 0.25) is 5.91 Å². The lowest BCUT2D eigenvalue weighted by molar-refractivity contribution is -0.143. The summed E-state index contributed by atoms with van der Waals surface area (Å²) >= 11 is 0. The second-order valence-corrected chi connectivity index (χ2v) is 5.25. The zero-order valence-electron chi connectivity index (χ0n) is 10.8. The number of primary amides is 1. The van der Waals surface area contributed by atoms with Crippen LogP contribution in [0.1, 0.15) is 19.3 Å². The smallest absolute Gasteiger partial charge is 0.317 e. The molecule has 2 unspecified atom stereocenters. The maximum absolute atomic E-state index is 11.1. The number of carbonyl (C=O) groups excluding carboxylic acids is 1. The van der Waals surface area contributed by atoms with Crippen LogP contribution in [0.4, 0.5) is 0 Å². The van der Waals surface area contributed by atoms with Crippen LogP contribution >= 0.6 is 0 Å². The van der Waals surface area contributed by atoms with Crippen LogP contribution in [0, 0.1) is 0 Å². The Morgan fingerprint density at radius 1 is 1.37 bits per heavy atom. The van der Waals surface area contributed by atoms with Crippen molar-refractivity contribution in [2.45, 2.75) is 30.9 Å². The Balaban J connectivity index is 2.03. The predicted octanol–water partition coefficient (Wildman–Crippen LogP) is -0.804. The lowest BCUT2D eigenvalue weighted by Gasteiger charge is -2.41. The van der Waals surface area contributed by atoms with Crippen molar-refractivity contribution in [2.24, 2.45) is 5.73 Å². The molecule has 19 heavy (non-hydrogen) atoms. The number of carboxylic acid groups (broad SMARTS) is 1. The van der Waals surface area contributed by atoms with E-state index in [1.807, 2.05) is 0 Å². The standard InChI is InChI=1S/C12H20N2O5/c13-10(15)6-14(7-11(16)17)9-1-3-19-12(5-9)2-4-18-8-12/h9H,1-8H2,(H2,13,15)(H,16,17). The molecule has 7 heteroatoms. The molecule has 2 rings (SSSR count). The van der Waals surface area contributed by atoms with Crippen molar-refractivity contribution in [1.29, 1.82) is 0 Å². The lowest BCUT2D eigenvalue weighted by atomic mass is 9.89. The average Bonchev–Trinajstić information content (AvgIpc) is 2.75. The molecule has 0 bridgehead atoms. The van der Waals surface area contributed by atoms with E-state index in [0.717, 1.165) is 6.42 Å². The van der Waals surface area contributed by atoms with Crippen LogP contribution < -0.4 is 5.73 Å². The van der Waals surface area contributed by atoms with Gasteiger partial charge in [0.05, 0.1) is 25.3 Å². The molecule has 2 aliphatic rings. The van der Waals surface area contributed by atoms with Crippen LogP contribution in [0.2, 0.25) is 0 Å². The molecule has 2 aliphatic heterocycles. The minimum Gasteiger partial charge on any atom is -0.480 e. The van der Waals surface area contributed by atoms with Crippen LogP contribution in [0.15, 0.2) is 0 Å². The van der Waals surface area contributed by atoms with Crippen molar-refractivity contribution >= 4 is 11.9 Å². The lowest BCUT2D eigenvalue weighted by Crippen LogP contribution is -2.52. The van der Waals surface area contributed by atoms with E-state index in [4.69, 9.17) is 20.3 Å². The van der Waals surface area contributed by atoms with Crippen LogP contribution in [0.5, 0.6) is 0 Å². The van der Waals surface area contributed by atoms with Gasteiger partial charge in [-0.15, -0.1) is 0 Å². The van der Waals surface area contributed by atoms with Gasteiger partial charge < -0.3 is 20.3 Å². The molecular formula is C12H20N2O5. The number of nitrogens with zero attached hydrogens (tertiary/aromatic N) is 1. The van der Waals surface area contributed by atoms with Gasteiger partial charge in [0, 0.05) is 25.7 Å².